The van der Waals surface area contributed by atoms with Crippen molar-refractivity contribution in [2.24, 2.45) is 0 Å². The van der Waals surface area contributed by atoms with Crippen LogP contribution in [0.15, 0.2) is 87.6 Å². The second-order valence-corrected chi connectivity index (χ2v) is 13.5. The monoisotopic (exact) mass is 666 g/mol. The van der Waals surface area contributed by atoms with Gasteiger partial charge in [-0.1, -0.05) is 32.0 Å². The van der Waals surface area contributed by atoms with Crippen LogP contribution in [0.2, 0.25) is 0 Å². The van der Waals surface area contributed by atoms with Crippen LogP contribution in [0.1, 0.15) is 42.5 Å². The molecule has 0 fully saturated rings. The van der Waals surface area contributed by atoms with Crippen molar-refractivity contribution >= 4 is 50.2 Å². The zero-order chi connectivity index (χ0) is 32.9. The first-order chi connectivity index (χ1) is 22.7. The fourth-order valence-corrected chi connectivity index (χ4v) is 8.25. The van der Waals surface area contributed by atoms with Crippen LogP contribution in [-0.4, -0.2) is 38.8 Å². The number of nitrogens with zero attached hydrogens (tertiary/aromatic N) is 4. The molecule has 1 atom stereocenters. The first-order valence-electron chi connectivity index (χ1n) is 15.2. The molecule has 7 rings (SSSR count). The molecule has 0 aliphatic carbocycles. The van der Waals surface area contributed by atoms with Gasteiger partial charge in [0.15, 0.2) is 5.60 Å². The number of hydrogen-bond donors (Lipinski definition) is 1. The number of rotatable bonds is 7. The molecule has 2 aliphatic heterocycles. The number of fused-ring (bicyclic) bond motifs is 5. The average molecular weight is 667 g/mol. The number of aryl methyl sites for hydroxylation is 1. The summed E-state index contributed by atoms with van der Waals surface area (Å²) >= 11 is 0. The molecule has 3 aromatic heterocycles. The molecule has 0 spiro atoms. The Labute approximate surface area is 278 Å². The van der Waals surface area contributed by atoms with Crippen LogP contribution >= 0.6 is 21.6 Å². The van der Waals surface area contributed by atoms with Gasteiger partial charge >= 0.3 is 12.1 Å². The molecular formula is C35H30N4O6S2. The van der Waals surface area contributed by atoms with Crippen molar-refractivity contribution in [3.8, 4) is 17.1 Å². The third-order valence-corrected chi connectivity index (χ3v) is 11.0. The van der Waals surface area contributed by atoms with Gasteiger partial charge in [0, 0.05) is 34.7 Å². The highest BCUT2D eigenvalue weighted by Crippen LogP contribution is 2.42. The van der Waals surface area contributed by atoms with Crippen molar-refractivity contribution in [2.45, 2.75) is 55.4 Å². The summed E-state index contributed by atoms with van der Waals surface area (Å²) in [6.45, 7) is 3.81. The van der Waals surface area contributed by atoms with E-state index in [-0.39, 0.29) is 29.7 Å². The molecule has 10 nitrogen and oxygen atoms in total. The summed E-state index contributed by atoms with van der Waals surface area (Å²) in [5.74, 6) is -0.389. The summed E-state index contributed by atoms with van der Waals surface area (Å²) in [6.07, 6.45) is 1.91. The number of carbonyl (C=O) groups is 2. The summed E-state index contributed by atoms with van der Waals surface area (Å²) < 4.78 is 12.7. The van der Waals surface area contributed by atoms with Crippen molar-refractivity contribution in [2.75, 3.05) is 11.9 Å². The maximum atomic E-state index is 13.6. The van der Waals surface area contributed by atoms with E-state index in [1.54, 1.807) is 42.9 Å². The number of aliphatic hydroxyl groups is 1. The number of cyclic esters (lactones) is 1. The summed E-state index contributed by atoms with van der Waals surface area (Å²) in [6, 6.07) is 20.3. The lowest BCUT2D eigenvalue weighted by atomic mass is 9.86. The molecule has 12 heteroatoms. The number of anilines is 1. The second kappa shape index (κ2) is 12.2. The van der Waals surface area contributed by atoms with E-state index < -0.39 is 17.7 Å². The van der Waals surface area contributed by atoms with E-state index in [4.69, 9.17) is 14.5 Å². The summed E-state index contributed by atoms with van der Waals surface area (Å²) in [5.41, 5.74) is 2.77. The van der Waals surface area contributed by atoms with Gasteiger partial charge in [0.2, 0.25) is 0 Å². The highest BCUT2D eigenvalue weighted by molar-refractivity contribution is 8.76. The first kappa shape index (κ1) is 31.0. The van der Waals surface area contributed by atoms with Crippen molar-refractivity contribution in [3.05, 3.63) is 106 Å². The Hall–Kier alpha value is -4.65. The van der Waals surface area contributed by atoms with Gasteiger partial charge in [-0.3, -0.25) is 9.69 Å². The molecule has 2 aliphatic rings. The van der Waals surface area contributed by atoms with Crippen molar-refractivity contribution in [1.82, 2.24) is 14.5 Å². The summed E-state index contributed by atoms with van der Waals surface area (Å²) in [5, 5.41) is 12.9. The lowest BCUT2D eigenvalue weighted by molar-refractivity contribution is -0.172. The molecular weight excluding hydrogens is 637 g/mol. The number of aromatic nitrogens is 3. The van der Waals surface area contributed by atoms with Gasteiger partial charge < -0.3 is 19.1 Å². The van der Waals surface area contributed by atoms with E-state index in [1.807, 2.05) is 55.5 Å². The van der Waals surface area contributed by atoms with Crippen LogP contribution in [0.3, 0.4) is 0 Å². The van der Waals surface area contributed by atoms with Crippen LogP contribution in [0.4, 0.5) is 10.5 Å². The molecule has 1 amide bonds. The van der Waals surface area contributed by atoms with Crippen LogP contribution in [0, 0.1) is 0 Å². The summed E-state index contributed by atoms with van der Waals surface area (Å²) in [4.78, 5) is 51.2. The van der Waals surface area contributed by atoms with Crippen LogP contribution < -0.4 is 15.2 Å². The smallest absolute Gasteiger partial charge is 0.419 e. The fourth-order valence-electron chi connectivity index (χ4n) is 6.16. The lowest BCUT2D eigenvalue weighted by Crippen LogP contribution is -2.44. The van der Waals surface area contributed by atoms with Gasteiger partial charge in [-0.25, -0.2) is 19.6 Å². The number of carbonyl (C=O) groups excluding carboxylic acids is 2. The molecule has 0 radical (unpaired) electrons. The zero-order valence-electron chi connectivity index (χ0n) is 25.9. The maximum Gasteiger partial charge on any atom is 0.419 e. The second-order valence-electron chi connectivity index (χ2n) is 11.3. The van der Waals surface area contributed by atoms with E-state index >= 15 is 0 Å². The molecule has 47 heavy (non-hydrogen) atoms. The number of ether oxygens (including phenoxy) is 2. The Morgan fingerprint density at radius 2 is 1.87 bits per heavy atom. The van der Waals surface area contributed by atoms with Gasteiger partial charge in [0.1, 0.15) is 17.4 Å². The molecule has 0 bridgehead atoms. The zero-order valence-corrected chi connectivity index (χ0v) is 27.5. The SMILES string of the molecule is CCc1c2c(nc3ccc(OC(=O)N(C)c4ccccc4SSc4ccccn4)cc13)-c1cc3c(c(=O)n1C2)COC(=O)[C@]3(O)CC. The minimum atomic E-state index is -1.89. The normalized spacial score (nSPS) is 16.3. The Kier molecular flexibility index (Phi) is 8.03. The van der Waals surface area contributed by atoms with Crippen molar-refractivity contribution < 1.29 is 24.2 Å². The highest BCUT2D eigenvalue weighted by Gasteiger charge is 2.45. The molecule has 1 N–H and O–H groups in total. The number of pyridine rings is 3. The van der Waals surface area contributed by atoms with E-state index in [0.29, 0.717) is 41.3 Å². The number of benzene rings is 2. The van der Waals surface area contributed by atoms with Gasteiger partial charge in [0.25, 0.3) is 5.56 Å². The highest BCUT2D eigenvalue weighted by atomic mass is 33.1. The van der Waals surface area contributed by atoms with Gasteiger partial charge in [0.05, 0.1) is 34.7 Å². The largest absolute Gasteiger partial charge is 0.458 e. The Morgan fingerprint density at radius 3 is 2.64 bits per heavy atom. The molecule has 0 saturated heterocycles. The van der Waals surface area contributed by atoms with E-state index in [9.17, 15) is 19.5 Å². The topological polar surface area (TPSA) is 124 Å². The Balaban J connectivity index is 1.19. The van der Waals surface area contributed by atoms with Crippen LogP contribution in [-0.2, 0) is 34.7 Å². The predicted octanol–water partition coefficient (Wildman–Crippen LogP) is 6.47. The molecule has 2 aromatic carbocycles. The van der Waals surface area contributed by atoms with Crippen LogP contribution in [0.25, 0.3) is 22.3 Å². The minimum Gasteiger partial charge on any atom is -0.458 e. The molecule has 0 saturated carbocycles. The number of hydrogen-bond acceptors (Lipinski definition) is 10. The van der Waals surface area contributed by atoms with Crippen molar-refractivity contribution in [3.63, 3.8) is 0 Å². The van der Waals surface area contributed by atoms with E-state index in [1.165, 1.54) is 26.5 Å². The van der Waals surface area contributed by atoms with Crippen LogP contribution in [0.5, 0.6) is 5.75 Å². The standard InChI is InChI=1S/C35H30N4O6S2/c1-4-21-22-16-20(45-34(42)38(3)27-10-6-7-11-29(27)46-47-30-12-8-9-15-36-30)13-14-26(22)37-31-23(21)18-39-28(31)17-25-24(32(39)40)19-44-33(41)35(25,43)5-2/h6-17,43H,4-5,18-19H2,1-3H3/t35-/m0/s1. The number of esters is 1. The predicted molar refractivity (Wildman–Crippen MR) is 181 cm³/mol. The molecule has 5 heterocycles. The quantitative estimate of drug-likeness (QED) is 0.150. The Bertz CT molecular complexity index is 2140. The Morgan fingerprint density at radius 1 is 1.06 bits per heavy atom. The van der Waals surface area contributed by atoms with E-state index in [0.717, 1.165) is 26.4 Å². The summed E-state index contributed by atoms with van der Waals surface area (Å²) in [7, 11) is 4.69. The van der Waals surface area contributed by atoms with Gasteiger partial charge in [-0.15, -0.1) is 0 Å². The van der Waals surface area contributed by atoms with E-state index in [2.05, 4.69) is 4.98 Å². The molecule has 238 valence electrons. The van der Waals surface area contributed by atoms with Gasteiger partial charge in [-0.2, -0.15) is 0 Å². The first-order valence-corrected chi connectivity index (χ1v) is 17.3. The number of amides is 1. The minimum absolute atomic E-state index is 0.0746. The average Bonchev–Trinajstić information content (AvgIpc) is 3.46. The maximum absolute atomic E-state index is 13.6. The molecule has 0 unspecified atom stereocenters. The molecule has 5 aromatic rings. The van der Waals surface area contributed by atoms with Gasteiger partial charge in [-0.05, 0) is 88.5 Å². The number of para-hydroxylation sites is 1. The third kappa shape index (κ3) is 5.26. The lowest BCUT2D eigenvalue weighted by Gasteiger charge is -2.31. The fraction of sp³-hybridized carbons (Fsp3) is 0.229. The third-order valence-electron chi connectivity index (χ3n) is 8.69. The van der Waals surface area contributed by atoms with Crippen molar-refractivity contribution in [1.29, 1.82) is 0 Å².